The van der Waals surface area contributed by atoms with Crippen LogP contribution in [-0.2, 0) is 6.54 Å². The summed E-state index contributed by atoms with van der Waals surface area (Å²) in [5, 5.41) is 9.23. The molecule has 2 amide bonds. The molecule has 3 aromatic rings. The maximum atomic E-state index is 13.6. The topological polar surface area (TPSA) is 77.0 Å². The third-order valence-corrected chi connectivity index (χ3v) is 6.08. The standard InChI is InChI=1S/C26H27FN4O3/c1-18-16-30(13-14-31(18)26(33)34)17-19-9-11-22(12-10-19)29(2)25(32)24-8-4-7-23(28-24)20-5-3-6-21(27)15-20/h3-12,15,18H,13-14,16-17H2,1-2H3,(H,33,34)/t18-/m0/s1. The summed E-state index contributed by atoms with van der Waals surface area (Å²) in [5.41, 5.74) is 3.24. The number of amides is 2. The van der Waals surface area contributed by atoms with Crippen molar-refractivity contribution in [2.24, 2.45) is 0 Å². The van der Waals surface area contributed by atoms with Crippen molar-refractivity contribution in [3.8, 4) is 11.3 Å². The number of halogens is 1. The van der Waals surface area contributed by atoms with E-state index in [1.807, 2.05) is 31.2 Å². The van der Waals surface area contributed by atoms with Crippen LogP contribution in [-0.4, -0.2) is 64.6 Å². The molecule has 34 heavy (non-hydrogen) atoms. The zero-order valence-electron chi connectivity index (χ0n) is 19.2. The number of anilines is 1. The monoisotopic (exact) mass is 462 g/mol. The van der Waals surface area contributed by atoms with Crippen molar-refractivity contribution in [2.75, 3.05) is 31.6 Å². The first-order chi connectivity index (χ1) is 16.3. The first-order valence-electron chi connectivity index (χ1n) is 11.1. The second-order valence-corrected chi connectivity index (χ2v) is 8.51. The highest BCUT2D eigenvalue weighted by Crippen LogP contribution is 2.21. The summed E-state index contributed by atoms with van der Waals surface area (Å²) >= 11 is 0. The Morgan fingerprint density at radius 1 is 1.09 bits per heavy atom. The summed E-state index contributed by atoms with van der Waals surface area (Å²) in [4.78, 5) is 34.0. The summed E-state index contributed by atoms with van der Waals surface area (Å²) in [7, 11) is 1.70. The maximum absolute atomic E-state index is 13.6. The number of aromatic nitrogens is 1. The van der Waals surface area contributed by atoms with Crippen molar-refractivity contribution >= 4 is 17.7 Å². The fourth-order valence-corrected chi connectivity index (χ4v) is 4.20. The molecule has 1 aromatic heterocycles. The maximum Gasteiger partial charge on any atom is 0.407 e. The minimum absolute atomic E-state index is 0.0510. The Hall–Kier alpha value is -3.78. The van der Waals surface area contributed by atoms with Crippen LogP contribution in [0.4, 0.5) is 14.9 Å². The van der Waals surface area contributed by atoms with Gasteiger partial charge in [0.05, 0.1) is 5.69 Å². The van der Waals surface area contributed by atoms with Crippen molar-refractivity contribution in [2.45, 2.75) is 19.5 Å². The van der Waals surface area contributed by atoms with E-state index >= 15 is 0 Å². The van der Waals surface area contributed by atoms with Gasteiger partial charge < -0.3 is 14.9 Å². The number of carbonyl (C=O) groups excluding carboxylic acids is 1. The fraction of sp³-hybridized carbons (Fsp3) is 0.269. The Morgan fingerprint density at radius 3 is 2.50 bits per heavy atom. The highest BCUT2D eigenvalue weighted by atomic mass is 19.1. The SMILES string of the molecule is C[C@H]1CN(Cc2ccc(N(C)C(=O)c3cccc(-c4cccc(F)c4)n3)cc2)CCN1C(=O)O. The number of hydrogen-bond acceptors (Lipinski definition) is 4. The molecule has 0 unspecified atom stereocenters. The molecule has 0 radical (unpaired) electrons. The lowest BCUT2D eigenvalue weighted by atomic mass is 10.1. The number of benzene rings is 2. The molecule has 1 atom stereocenters. The van der Waals surface area contributed by atoms with E-state index in [4.69, 9.17) is 0 Å². The van der Waals surface area contributed by atoms with Gasteiger partial charge in [0.25, 0.3) is 5.91 Å². The van der Waals surface area contributed by atoms with Crippen LogP contribution in [0.3, 0.4) is 0 Å². The normalized spacial score (nSPS) is 16.3. The van der Waals surface area contributed by atoms with E-state index in [-0.39, 0.29) is 23.5 Å². The Bertz CT molecular complexity index is 1180. The number of nitrogens with zero attached hydrogens (tertiary/aromatic N) is 4. The van der Waals surface area contributed by atoms with E-state index in [0.717, 1.165) is 11.3 Å². The Balaban J connectivity index is 1.42. The summed E-state index contributed by atoms with van der Waals surface area (Å²) in [6.07, 6.45) is -0.875. The van der Waals surface area contributed by atoms with Crippen LogP contribution in [0.1, 0.15) is 23.0 Å². The van der Waals surface area contributed by atoms with Crippen LogP contribution in [0.2, 0.25) is 0 Å². The average Bonchev–Trinajstić information content (AvgIpc) is 2.83. The molecule has 2 heterocycles. The molecule has 0 aliphatic carbocycles. The predicted molar refractivity (Wildman–Crippen MR) is 128 cm³/mol. The van der Waals surface area contributed by atoms with E-state index in [2.05, 4.69) is 9.88 Å². The minimum atomic E-state index is -0.875. The van der Waals surface area contributed by atoms with Crippen LogP contribution in [0.5, 0.6) is 0 Å². The predicted octanol–water partition coefficient (Wildman–Crippen LogP) is 4.35. The van der Waals surface area contributed by atoms with Gasteiger partial charge in [-0.1, -0.05) is 30.3 Å². The number of carboxylic acid groups (broad SMARTS) is 1. The number of hydrogen-bond donors (Lipinski definition) is 1. The lowest BCUT2D eigenvalue weighted by Gasteiger charge is -2.38. The zero-order chi connectivity index (χ0) is 24.2. The first kappa shape index (κ1) is 23.4. The van der Waals surface area contributed by atoms with Crippen molar-refractivity contribution < 1.29 is 19.1 Å². The van der Waals surface area contributed by atoms with Gasteiger partial charge >= 0.3 is 6.09 Å². The molecule has 7 nitrogen and oxygen atoms in total. The Morgan fingerprint density at radius 2 is 1.82 bits per heavy atom. The van der Waals surface area contributed by atoms with Crippen molar-refractivity contribution in [1.82, 2.24) is 14.8 Å². The van der Waals surface area contributed by atoms with Crippen molar-refractivity contribution in [1.29, 1.82) is 0 Å². The molecule has 1 N–H and O–H groups in total. The molecule has 0 bridgehead atoms. The van der Waals surface area contributed by atoms with Crippen LogP contribution in [0, 0.1) is 5.82 Å². The van der Waals surface area contributed by atoms with Gasteiger partial charge in [-0.05, 0) is 48.9 Å². The van der Waals surface area contributed by atoms with Crippen LogP contribution in [0.25, 0.3) is 11.3 Å². The van der Waals surface area contributed by atoms with E-state index in [1.165, 1.54) is 21.9 Å². The van der Waals surface area contributed by atoms with Gasteiger partial charge in [-0.2, -0.15) is 0 Å². The van der Waals surface area contributed by atoms with E-state index in [1.54, 1.807) is 37.4 Å². The van der Waals surface area contributed by atoms with E-state index < -0.39 is 6.09 Å². The summed E-state index contributed by atoms with van der Waals surface area (Å²) in [6, 6.07) is 18.9. The third kappa shape index (κ3) is 5.23. The van der Waals surface area contributed by atoms with Crippen molar-refractivity contribution in [3.63, 3.8) is 0 Å². The molecule has 4 rings (SSSR count). The molecule has 1 aliphatic rings. The van der Waals surface area contributed by atoms with Crippen LogP contribution < -0.4 is 4.90 Å². The van der Waals surface area contributed by atoms with E-state index in [0.29, 0.717) is 37.4 Å². The molecule has 1 saturated heterocycles. The lowest BCUT2D eigenvalue weighted by molar-refractivity contribution is 0.0711. The summed E-state index contributed by atoms with van der Waals surface area (Å²) in [6.45, 7) is 4.49. The van der Waals surface area contributed by atoms with Gasteiger partial charge in [-0.25, -0.2) is 14.2 Å². The second-order valence-electron chi connectivity index (χ2n) is 8.51. The Kier molecular flexibility index (Phi) is 6.88. The number of rotatable bonds is 5. The largest absolute Gasteiger partial charge is 0.465 e. The molecule has 2 aromatic carbocycles. The number of piperazine rings is 1. The van der Waals surface area contributed by atoms with Gasteiger partial charge in [-0.15, -0.1) is 0 Å². The number of carbonyl (C=O) groups is 2. The minimum Gasteiger partial charge on any atom is -0.465 e. The first-order valence-corrected chi connectivity index (χ1v) is 11.1. The molecule has 1 fully saturated rings. The van der Waals surface area contributed by atoms with Gasteiger partial charge in [0.1, 0.15) is 11.5 Å². The van der Waals surface area contributed by atoms with Gasteiger partial charge in [0.15, 0.2) is 0 Å². The summed E-state index contributed by atoms with van der Waals surface area (Å²) < 4.78 is 13.6. The van der Waals surface area contributed by atoms with Gasteiger partial charge in [-0.3, -0.25) is 9.69 Å². The Labute approximate surface area is 198 Å². The molecule has 1 aliphatic heterocycles. The second kappa shape index (κ2) is 10.0. The quantitative estimate of drug-likeness (QED) is 0.610. The highest BCUT2D eigenvalue weighted by molar-refractivity contribution is 6.04. The zero-order valence-corrected chi connectivity index (χ0v) is 19.2. The molecule has 8 heteroatoms. The molecular weight excluding hydrogens is 435 g/mol. The molecule has 0 spiro atoms. The highest BCUT2D eigenvalue weighted by Gasteiger charge is 2.27. The van der Waals surface area contributed by atoms with Crippen molar-refractivity contribution in [3.05, 3.63) is 83.8 Å². The van der Waals surface area contributed by atoms with Gasteiger partial charge in [0.2, 0.25) is 0 Å². The summed E-state index contributed by atoms with van der Waals surface area (Å²) in [5.74, 6) is -0.615. The smallest absolute Gasteiger partial charge is 0.407 e. The molecule has 0 saturated carbocycles. The lowest BCUT2D eigenvalue weighted by Crippen LogP contribution is -2.53. The number of pyridine rings is 1. The van der Waals surface area contributed by atoms with Gasteiger partial charge in [0, 0.05) is 50.5 Å². The van der Waals surface area contributed by atoms with Crippen LogP contribution in [0.15, 0.2) is 66.7 Å². The fourth-order valence-electron chi connectivity index (χ4n) is 4.20. The van der Waals surface area contributed by atoms with E-state index in [9.17, 15) is 19.1 Å². The molecule has 176 valence electrons. The van der Waals surface area contributed by atoms with Crippen LogP contribution >= 0.6 is 0 Å². The average molecular weight is 463 g/mol. The third-order valence-electron chi connectivity index (χ3n) is 6.08. The molecular formula is C26H27FN4O3.